The summed E-state index contributed by atoms with van der Waals surface area (Å²) in [5.41, 5.74) is 2.96. The lowest BCUT2D eigenvalue weighted by Gasteiger charge is -2.01. The van der Waals surface area contributed by atoms with Crippen LogP contribution >= 0.6 is 0 Å². The van der Waals surface area contributed by atoms with Crippen LogP contribution in [0.2, 0.25) is 0 Å². The molecule has 0 rings (SSSR count). The molecule has 0 heteroatoms. The van der Waals surface area contributed by atoms with E-state index >= 15 is 0 Å². The predicted molar refractivity (Wildman–Crippen MR) is 64.0 cm³/mol. The van der Waals surface area contributed by atoms with Gasteiger partial charge in [-0.3, -0.25) is 0 Å². The van der Waals surface area contributed by atoms with Crippen LogP contribution < -0.4 is 0 Å². The van der Waals surface area contributed by atoms with Gasteiger partial charge in [-0.2, -0.15) is 0 Å². The highest BCUT2D eigenvalue weighted by atomic mass is 14.0. The highest BCUT2D eigenvalue weighted by Gasteiger charge is 1.91. The zero-order valence-electron chi connectivity index (χ0n) is 9.69. The maximum atomic E-state index is 3.00. The molecular weight excluding hydrogens is 156 g/mol. The fraction of sp³-hybridized carbons (Fsp3) is 0.538. The van der Waals surface area contributed by atoms with E-state index in [1.54, 1.807) is 5.57 Å². The molecule has 0 spiro atoms. The number of hydrogen-bond donors (Lipinski definition) is 0. The Balaban J connectivity index is 0. The second-order valence-electron chi connectivity index (χ2n) is 2.94. The third-order valence-electron chi connectivity index (χ3n) is 1.91. The van der Waals surface area contributed by atoms with E-state index in [1.807, 2.05) is 0 Å². The minimum atomic E-state index is 1.19. The van der Waals surface area contributed by atoms with Crippen molar-refractivity contribution in [2.45, 2.75) is 47.0 Å². The Morgan fingerprint density at radius 2 is 1.77 bits per heavy atom. The van der Waals surface area contributed by atoms with E-state index in [-0.39, 0.29) is 0 Å². The maximum absolute atomic E-state index is 3.00. The molecule has 0 atom stereocenters. The van der Waals surface area contributed by atoms with E-state index in [4.69, 9.17) is 0 Å². The summed E-state index contributed by atoms with van der Waals surface area (Å²) in [6, 6.07) is 0. The van der Waals surface area contributed by atoms with Crippen LogP contribution in [0.5, 0.6) is 0 Å². The van der Waals surface area contributed by atoms with Crippen LogP contribution in [-0.2, 0) is 0 Å². The van der Waals surface area contributed by atoms with Crippen molar-refractivity contribution in [2.24, 2.45) is 0 Å². The van der Waals surface area contributed by atoms with Gasteiger partial charge in [0, 0.05) is 0 Å². The lowest BCUT2D eigenvalue weighted by atomic mass is 10.1. The quantitative estimate of drug-likeness (QED) is 0.427. The monoisotopic (exact) mass is 180 g/mol. The summed E-state index contributed by atoms with van der Waals surface area (Å²) in [7, 11) is 0. The summed E-state index contributed by atoms with van der Waals surface area (Å²) < 4.78 is 0. The molecule has 0 aliphatic rings. The Morgan fingerprint density at radius 3 is 2.08 bits per heavy atom. The Morgan fingerprint density at radius 1 is 1.23 bits per heavy atom. The molecule has 0 saturated carbocycles. The second kappa shape index (κ2) is 11.2. The van der Waals surface area contributed by atoms with Crippen LogP contribution in [0, 0.1) is 0 Å². The van der Waals surface area contributed by atoms with Gasteiger partial charge in [0.05, 0.1) is 0 Å². The number of allylic oxidation sites excluding steroid dienone is 4. The van der Waals surface area contributed by atoms with Crippen molar-refractivity contribution >= 4 is 0 Å². The largest absolute Gasteiger partial charge is 0.106 e. The normalized spacial score (nSPS) is 12.0. The third kappa shape index (κ3) is 9.13. The van der Waals surface area contributed by atoms with Crippen LogP contribution in [0.25, 0.3) is 0 Å². The van der Waals surface area contributed by atoms with Gasteiger partial charge in [-0.15, -0.1) is 13.2 Å². The highest BCUT2D eigenvalue weighted by Crippen LogP contribution is 2.11. The number of rotatable bonds is 4. The molecule has 0 unspecified atom stereocenters. The molecular formula is C13H24. The third-order valence-corrected chi connectivity index (χ3v) is 1.91. The summed E-state index contributed by atoms with van der Waals surface area (Å²) in [6.45, 7) is 14.7. The van der Waals surface area contributed by atoms with E-state index in [0.717, 1.165) is 0 Å². The molecule has 0 aromatic heterocycles. The van der Waals surface area contributed by atoms with Crippen molar-refractivity contribution in [1.82, 2.24) is 0 Å². The van der Waals surface area contributed by atoms with Crippen LogP contribution in [-0.4, -0.2) is 0 Å². The Hall–Kier alpha value is -0.780. The zero-order chi connectivity index (χ0) is 10.7. The van der Waals surface area contributed by atoms with Gasteiger partial charge >= 0.3 is 0 Å². The van der Waals surface area contributed by atoms with E-state index in [1.165, 1.54) is 24.8 Å². The van der Waals surface area contributed by atoms with Gasteiger partial charge in [-0.1, -0.05) is 43.6 Å². The van der Waals surface area contributed by atoms with Gasteiger partial charge < -0.3 is 0 Å². The summed E-state index contributed by atoms with van der Waals surface area (Å²) >= 11 is 0. The molecule has 76 valence electrons. The van der Waals surface area contributed by atoms with Crippen molar-refractivity contribution in [2.75, 3.05) is 0 Å². The smallest absolute Gasteiger partial charge is 0.0320 e. The topological polar surface area (TPSA) is 0 Å². The first-order chi connectivity index (χ1) is 6.24. The lowest BCUT2D eigenvalue weighted by molar-refractivity contribution is 0.857. The molecule has 0 fully saturated rings. The van der Waals surface area contributed by atoms with Crippen molar-refractivity contribution in [1.29, 1.82) is 0 Å². The first kappa shape index (κ1) is 14.7. The Labute approximate surface area is 84.1 Å². The zero-order valence-corrected chi connectivity index (χ0v) is 9.69. The van der Waals surface area contributed by atoms with Crippen LogP contribution in [0.3, 0.4) is 0 Å². The molecule has 0 heterocycles. The standard InChI is InChI=1S/C11H20.C2H4/c1-5-8-11(7-3)9-10(4)6-2;1-2/h6,9H,5,7-8H2,1-4H3;1-2H2/b10-6-,11-9-;. The molecule has 0 aromatic rings. The van der Waals surface area contributed by atoms with E-state index in [0.29, 0.717) is 0 Å². The summed E-state index contributed by atoms with van der Waals surface area (Å²) in [5, 5.41) is 0. The van der Waals surface area contributed by atoms with Crippen molar-refractivity contribution in [3.05, 3.63) is 36.5 Å². The molecule has 0 saturated heterocycles. The first-order valence-electron chi connectivity index (χ1n) is 5.06. The van der Waals surface area contributed by atoms with Crippen LogP contribution in [0.1, 0.15) is 47.0 Å². The second-order valence-corrected chi connectivity index (χ2v) is 2.94. The lowest BCUT2D eigenvalue weighted by Crippen LogP contribution is -1.81. The summed E-state index contributed by atoms with van der Waals surface area (Å²) in [6.07, 6.45) is 8.17. The molecule has 0 aliphatic heterocycles. The Bertz CT molecular complexity index is 161. The minimum absolute atomic E-state index is 1.19. The molecule has 13 heavy (non-hydrogen) atoms. The fourth-order valence-corrected chi connectivity index (χ4v) is 1.08. The molecule has 0 aliphatic carbocycles. The van der Waals surface area contributed by atoms with Gasteiger partial charge in [-0.05, 0) is 26.7 Å². The van der Waals surface area contributed by atoms with Gasteiger partial charge in [-0.25, -0.2) is 0 Å². The SMILES string of the molecule is C/C=C(C)\C=C(\CC)CCC.C=C. The minimum Gasteiger partial charge on any atom is -0.106 e. The van der Waals surface area contributed by atoms with E-state index in [9.17, 15) is 0 Å². The van der Waals surface area contributed by atoms with Gasteiger partial charge in [0.15, 0.2) is 0 Å². The van der Waals surface area contributed by atoms with Gasteiger partial charge in [0.25, 0.3) is 0 Å². The van der Waals surface area contributed by atoms with Crippen molar-refractivity contribution < 1.29 is 0 Å². The van der Waals surface area contributed by atoms with Crippen molar-refractivity contribution in [3.8, 4) is 0 Å². The molecule has 0 nitrogen and oxygen atoms in total. The molecule has 0 amide bonds. The summed E-state index contributed by atoms with van der Waals surface area (Å²) in [5.74, 6) is 0. The number of hydrogen-bond acceptors (Lipinski definition) is 0. The Kier molecular flexibility index (Phi) is 12.7. The van der Waals surface area contributed by atoms with Gasteiger partial charge in [0.1, 0.15) is 0 Å². The average molecular weight is 180 g/mol. The average Bonchev–Trinajstić information content (AvgIpc) is 2.20. The van der Waals surface area contributed by atoms with Crippen LogP contribution in [0.15, 0.2) is 36.5 Å². The molecule has 0 aromatic carbocycles. The van der Waals surface area contributed by atoms with Gasteiger partial charge in [0.2, 0.25) is 0 Å². The van der Waals surface area contributed by atoms with Crippen LogP contribution in [0.4, 0.5) is 0 Å². The molecule has 0 radical (unpaired) electrons. The fourth-order valence-electron chi connectivity index (χ4n) is 1.08. The maximum Gasteiger partial charge on any atom is -0.0320 e. The summed E-state index contributed by atoms with van der Waals surface area (Å²) in [4.78, 5) is 0. The molecule has 0 bridgehead atoms. The highest BCUT2D eigenvalue weighted by molar-refractivity contribution is 5.20. The van der Waals surface area contributed by atoms with Crippen molar-refractivity contribution in [3.63, 3.8) is 0 Å². The van der Waals surface area contributed by atoms with E-state index in [2.05, 4.69) is 53.0 Å². The van der Waals surface area contributed by atoms with E-state index < -0.39 is 0 Å². The first-order valence-corrected chi connectivity index (χ1v) is 5.06. The predicted octanol–water partition coefficient (Wildman–Crippen LogP) is 4.89. The molecule has 0 N–H and O–H groups in total.